The Morgan fingerprint density at radius 3 is 0.704 bits per heavy atom. The number of benzene rings is 6. The van der Waals surface area contributed by atoms with Gasteiger partial charge in [-0.15, -0.1) is 31.5 Å². The minimum Gasteiger partial charge on any atom is -0.446 e. The molecule has 0 bridgehead atoms. The van der Waals surface area contributed by atoms with Crippen LogP contribution in [0.3, 0.4) is 0 Å². The molecular weight excluding hydrogens is 1660 g/mol. The van der Waals surface area contributed by atoms with E-state index in [0.717, 1.165) is 55.2 Å². The van der Waals surface area contributed by atoms with Gasteiger partial charge < -0.3 is 26.5 Å². The van der Waals surface area contributed by atoms with Crippen LogP contribution in [-0.2, 0) is 29.5 Å². The number of sulfone groups is 3. The molecule has 0 radical (unpaired) electrons. The summed E-state index contributed by atoms with van der Waals surface area (Å²) in [6.07, 6.45) is 8.37. The predicted octanol–water partition coefficient (Wildman–Crippen LogP) is 14.2. The van der Waals surface area contributed by atoms with Crippen molar-refractivity contribution in [3.63, 3.8) is 0 Å². The van der Waals surface area contributed by atoms with Gasteiger partial charge in [0.2, 0.25) is 79.5 Å². The molecule has 6 heterocycles. The number of carbonyl (C=O) groups is 12. The summed E-state index contributed by atoms with van der Waals surface area (Å²) in [7, 11) is -12.1. The van der Waals surface area contributed by atoms with Gasteiger partial charge in [0.1, 0.15) is 11.6 Å². The van der Waals surface area contributed by atoms with Crippen LogP contribution in [0.5, 0.6) is 0 Å². The number of halogens is 4. The van der Waals surface area contributed by atoms with E-state index in [9.17, 15) is 91.6 Å². The molecule has 12 aromatic rings. The molecular formula is C81H50Cl2F2O24S6. The lowest BCUT2D eigenvalue weighted by Crippen LogP contribution is -2.19. The Kier molecular flexibility index (Phi) is 21.4. The molecule has 3 unspecified atom stereocenters. The number of rotatable bonds is 6. The van der Waals surface area contributed by atoms with Gasteiger partial charge in [-0.25, -0.2) is 34.0 Å². The average molecular weight is 1710 g/mol. The average Bonchev–Trinajstić information content (AvgIpc) is 1.93. The first kappa shape index (κ1) is 81.0. The van der Waals surface area contributed by atoms with E-state index in [1.54, 1.807) is 66.7 Å². The van der Waals surface area contributed by atoms with Gasteiger partial charge in [-0.05, 0) is 91.6 Å². The lowest BCUT2D eigenvalue weighted by atomic mass is 9.88. The first-order valence-electron chi connectivity index (χ1n) is 32.8. The van der Waals surface area contributed by atoms with Crippen molar-refractivity contribution in [1.82, 2.24) is 0 Å². The van der Waals surface area contributed by atoms with Crippen LogP contribution in [0.25, 0.3) is 0 Å². The Morgan fingerprint density at radius 2 is 0.461 bits per heavy atom. The molecule has 6 aromatic carbocycles. The quantitative estimate of drug-likeness (QED) is 0.140. The standard InChI is InChI=1S/C14H9ClO3S.C14H9FO3S.C14H10O3S.C13H7ClO5S.C13H7FO5S.C13H8O5S/c2*1-19(2)11-6-10-12(16)8-4-3-7(15)5-9(8)13(17)14(10)18-11;1-18(2)11-7-10-12(15)8-5-3-4-6-9(8)13(16)14(10)17-11;2*1-20(17,18)10-5-9-11(15)7-3-2-6(14)4-8(7)12(16)13(9)19-10;1-19(16,17)10-6-9-11(14)7-4-2-3-5-8(7)12(15)13(9)18-10/h2*3-6H,1H2,2H3;3-7H,1H2,2H3;2*2-5H,1H3;2-6H,1H3. The van der Waals surface area contributed by atoms with E-state index in [4.69, 9.17) is 49.7 Å². The molecule has 0 amide bonds. The monoisotopic (exact) mass is 1710 g/mol. The summed E-state index contributed by atoms with van der Waals surface area (Å²) < 4.78 is 126. The third-order valence-electron chi connectivity index (χ3n) is 17.8. The minimum atomic E-state index is -3.68. The van der Waals surface area contributed by atoms with E-state index in [1.807, 2.05) is 18.8 Å². The van der Waals surface area contributed by atoms with Crippen LogP contribution in [0.4, 0.5) is 8.78 Å². The van der Waals surface area contributed by atoms with Crippen LogP contribution in [0.2, 0.25) is 10.0 Å². The molecule has 18 rings (SSSR count). The Hall–Kier alpha value is -12.0. The van der Waals surface area contributed by atoms with Crippen molar-refractivity contribution in [2.45, 2.75) is 30.6 Å². The second kappa shape index (κ2) is 30.4. The minimum absolute atomic E-state index is 0.00382. The SMILES string of the molecule is C=S(C)c1cc2c(o1)C(=O)c1cc(Cl)ccc1C2=O.C=S(C)c1cc2c(o1)C(=O)c1cc(F)ccc1C2=O.C=S(C)c1cc2c(o1)C(=O)c1ccccc1C2=O.CS(=O)(=O)c1cc2c(o1)C(=O)c1cc(Cl)ccc1C2=O.CS(=O)(=O)c1cc2c(o1)C(=O)c1cc(F)ccc1C2=O.CS(=O)(=O)c1cc2c(o1)C(=O)c1ccccc1C2=O. The number of ketones is 12. The van der Waals surface area contributed by atoms with Gasteiger partial charge in [0, 0.05) is 132 Å². The smallest absolute Gasteiger partial charge is 0.229 e. The largest absolute Gasteiger partial charge is 0.446 e. The van der Waals surface area contributed by atoms with Crippen molar-refractivity contribution in [3.8, 4) is 0 Å². The summed E-state index contributed by atoms with van der Waals surface area (Å²) >= 11 is 11.7. The van der Waals surface area contributed by atoms with E-state index in [2.05, 4.69) is 17.6 Å². The summed E-state index contributed by atoms with van der Waals surface area (Å²) in [4.78, 5) is 147. The Bertz CT molecular complexity index is 6550. The highest BCUT2D eigenvalue weighted by Gasteiger charge is 2.41. The fourth-order valence-electron chi connectivity index (χ4n) is 12.3. The molecule has 6 aliphatic carbocycles. The summed E-state index contributed by atoms with van der Waals surface area (Å²) in [5.41, 5.74) is 3.26. The van der Waals surface area contributed by atoms with E-state index >= 15 is 0 Å². The van der Waals surface area contributed by atoms with E-state index in [1.165, 1.54) is 54.6 Å². The Balaban J connectivity index is 0.000000120. The molecule has 0 saturated carbocycles. The van der Waals surface area contributed by atoms with Crippen molar-refractivity contribution in [2.75, 3.05) is 37.5 Å². The number of hydrogen-bond acceptors (Lipinski definition) is 24. The lowest BCUT2D eigenvalue weighted by Gasteiger charge is -2.12. The van der Waals surface area contributed by atoms with Gasteiger partial charge in [-0.1, -0.05) is 89.3 Å². The molecule has 6 aliphatic rings. The van der Waals surface area contributed by atoms with Crippen LogP contribution in [-0.4, -0.2) is 150 Å². The van der Waals surface area contributed by atoms with Gasteiger partial charge in [-0.2, -0.15) is 0 Å². The topological polar surface area (TPSA) is 386 Å². The zero-order valence-corrected chi connectivity index (χ0v) is 66.3. The van der Waals surface area contributed by atoms with E-state index in [0.29, 0.717) is 58.7 Å². The summed E-state index contributed by atoms with van der Waals surface area (Å²) in [6, 6.07) is 36.9. The van der Waals surface area contributed by atoms with Gasteiger partial charge >= 0.3 is 0 Å². The van der Waals surface area contributed by atoms with Crippen LogP contribution in [0.15, 0.2) is 215 Å². The van der Waals surface area contributed by atoms with Crippen LogP contribution in [0.1, 0.15) is 192 Å². The molecule has 0 spiro atoms. The highest BCUT2D eigenvalue weighted by Crippen LogP contribution is 2.40. The first-order valence-corrected chi connectivity index (χ1v) is 44.6. The van der Waals surface area contributed by atoms with Crippen LogP contribution >= 0.6 is 54.7 Å². The van der Waals surface area contributed by atoms with Gasteiger partial charge in [0.05, 0.1) is 33.4 Å². The normalized spacial score (nSPS) is 14.6. The zero-order chi connectivity index (χ0) is 83.4. The Labute approximate surface area is 666 Å². The van der Waals surface area contributed by atoms with Crippen molar-refractivity contribution in [1.29, 1.82) is 0 Å². The predicted molar refractivity (Wildman–Crippen MR) is 418 cm³/mol. The first-order chi connectivity index (χ1) is 54.0. The van der Waals surface area contributed by atoms with Gasteiger partial charge in [-0.3, -0.25) is 57.5 Å². The van der Waals surface area contributed by atoms with Crippen LogP contribution in [0, 0.1) is 11.6 Å². The third-order valence-corrected chi connectivity index (χ3v) is 23.7. The second-order valence-corrected chi connectivity index (χ2v) is 37.6. The number of hydrogen-bond donors (Lipinski definition) is 0. The number of carbonyl (C=O) groups excluding carboxylic acids is 12. The second-order valence-electron chi connectivity index (χ2n) is 25.9. The molecule has 24 nitrogen and oxygen atoms in total. The van der Waals surface area contributed by atoms with Crippen molar-refractivity contribution < 1.29 is 118 Å². The fourth-order valence-corrected chi connectivity index (χ4v) is 15.9. The van der Waals surface area contributed by atoms with E-state index in [-0.39, 0.29) is 146 Å². The van der Waals surface area contributed by atoms with E-state index < -0.39 is 113 Å². The summed E-state index contributed by atoms with van der Waals surface area (Å²) in [5, 5.41) is 1.15. The van der Waals surface area contributed by atoms with Crippen molar-refractivity contribution in [3.05, 3.63) is 314 Å². The van der Waals surface area contributed by atoms with Crippen molar-refractivity contribution >= 4 is 171 Å². The van der Waals surface area contributed by atoms with Gasteiger partial charge in [0.25, 0.3) is 0 Å². The maximum Gasteiger partial charge on any atom is 0.229 e. The highest BCUT2D eigenvalue weighted by atomic mass is 35.5. The number of furan rings is 6. The molecule has 34 heteroatoms. The third kappa shape index (κ3) is 15.1. The molecule has 115 heavy (non-hydrogen) atoms. The number of fused-ring (bicyclic) bond motifs is 12. The maximum absolute atomic E-state index is 13.2. The fraction of sp³-hybridized carbons (Fsp3) is 0.0741. The molecule has 3 atom stereocenters. The van der Waals surface area contributed by atoms with Crippen molar-refractivity contribution in [2.24, 2.45) is 0 Å². The summed E-state index contributed by atoms with van der Waals surface area (Å²) in [5.74, 6) is 4.92. The Morgan fingerprint density at radius 1 is 0.261 bits per heavy atom. The lowest BCUT2D eigenvalue weighted by molar-refractivity contribution is 0.0956. The van der Waals surface area contributed by atoms with Gasteiger partial charge in [0.15, 0.2) is 84.5 Å². The molecule has 6 aromatic heterocycles. The van der Waals surface area contributed by atoms with Crippen LogP contribution < -0.4 is 0 Å². The zero-order valence-electron chi connectivity index (χ0n) is 59.9. The molecule has 0 fully saturated rings. The molecule has 582 valence electrons. The molecule has 0 N–H and O–H groups in total. The molecule has 0 saturated heterocycles. The molecule has 0 aliphatic heterocycles. The summed E-state index contributed by atoms with van der Waals surface area (Å²) in [6.45, 7) is 0. The maximum atomic E-state index is 13.2. The highest BCUT2D eigenvalue weighted by molar-refractivity contribution is 8.14.